The lowest BCUT2D eigenvalue weighted by Gasteiger charge is -2.32. The van der Waals surface area contributed by atoms with Crippen molar-refractivity contribution in [3.8, 4) is 0 Å². The third-order valence-corrected chi connectivity index (χ3v) is 5.38. The summed E-state index contributed by atoms with van der Waals surface area (Å²) in [5.41, 5.74) is 1.47. The number of nitrogens with zero attached hydrogens (tertiary/aromatic N) is 1. The Morgan fingerprint density at radius 3 is 2.55 bits per heavy atom. The number of hydrogen-bond acceptors (Lipinski definition) is 2. The molecule has 3 rings (SSSR count). The highest BCUT2D eigenvalue weighted by atomic mass is 19.4. The SMILES string of the molecule is CCCC(NC(=O)CC1c2ccccc2C=CN1C(C)=O)c1cccc(C(F)(F)F)c1. The van der Waals surface area contributed by atoms with Crippen LogP contribution in [-0.2, 0) is 15.8 Å². The van der Waals surface area contributed by atoms with Gasteiger partial charge in [-0.15, -0.1) is 0 Å². The van der Waals surface area contributed by atoms with Crippen LogP contribution in [0.3, 0.4) is 0 Å². The zero-order valence-electron chi connectivity index (χ0n) is 17.4. The fraction of sp³-hybridized carbons (Fsp3) is 0.333. The first kappa shape index (κ1) is 22.6. The van der Waals surface area contributed by atoms with E-state index in [2.05, 4.69) is 5.32 Å². The minimum atomic E-state index is -4.45. The van der Waals surface area contributed by atoms with E-state index in [1.807, 2.05) is 37.3 Å². The van der Waals surface area contributed by atoms with Gasteiger partial charge in [-0.25, -0.2) is 0 Å². The average Bonchev–Trinajstić information content (AvgIpc) is 2.73. The van der Waals surface area contributed by atoms with Crippen molar-refractivity contribution in [3.63, 3.8) is 0 Å². The van der Waals surface area contributed by atoms with Crippen molar-refractivity contribution in [2.24, 2.45) is 0 Å². The third kappa shape index (κ3) is 5.34. The summed E-state index contributed by atoms with van der Waals surface area (Å²) in [6.45, 7) is 3.35. The summed E-state index contributed by atoms with van der Waals surface area (Å²) in [6, 6.07) is 11.6. The van der Waals surface area contributed by atoms with Crippen molar-refractivity contribution in [2.45, 2.75) is 51.4 Å². The number of amides is 2. The van der Waals surface area contributed by atoms with Crippen LogP contribution in [0.25, 0.3) is 6.08 Å². The molecule has 1 N–H and O–H groups in total. The second-order valence-corrected chi connectivity index (χ2v) is 7.62. The lowest BCUT2D eigenvalue weighted by atomic mass is 9.93. The summed E-state index contributed by atoms with van der Waals surface area (Å²) in [4.78, 5) is 26.6. The quantitative estimate of drug-likeness (QED) is 0.646. The van der Waals surface area contributed by atoms with E-state index >= 15 is 0 Å². The molecule has 0 aromatic heterocycles. The summed E-state index contributed by atoms with van der Waals surface area (Å²) in [7, 11) is 0. The molecule has 0 bridgehead atoms. The number of carbonyl (C=O) groups excluding carboxylic acids is 2. The Morgan fingerprint density at radius 1 is 1.13 bits per heavy atom. The fourth-order valence-corrected chi connectivity index (χ4v) is 3.88. The molecule has 1 aliphatic heterocycles. The topological polar surface area (TPSA) is 49.4 Å². The predicted molar refractivity (Wildman–Crippen MR) is 113 cm³/mol. The minimum absolute atomic E-state index is 0.0140. The van der Waals surface area contributed by atoms with Crippen molar-refractivity contribution in [3.05, 3.63) is 77.0 Å². The molecule has 2 aromatic carbocycles. The molecule has 1 aliphatic rings. The van der Waals surface area contributed by atoms with Crippen molar-refractivity contribution in [2.75, 3.05) is 0 Å². The molecule has 0 fully saturated rings. The number of benzene rings is 2. The standard InChI is InChI=1S/C24H25F3N2O2/c1-3-7-21(18-9-6-10-19(14-18)24(25,26)27)28-23(31)15-22-20-11-5-4-8-17(20)12-13-29(22)16(2)30/h4-6,8-14,21-22H,3,7,15H2,1-2H3,(H,28,31). The van der Waals surface area contributed by atoms with Gasteiger partial charge in [0, 0.05) is 13.1 Å². The molecule has 164 valence electrons. The van der Waals surface area contributed by atoms with Crippen LogP contribution in [-0.4, -0.2) is 16.7 Å². The Balaban J connectivity index is 1.81. The van der Waals surface area contributed by atoms with E-state index in [4.69, 9.17) is 0 Å². The Morgan fingerprint density at radius 2 is 1.87 bits per heavy atom. The Labute approximate surface area is 179 Å². The number of halogens is 3. The van der Waals surface area contributed by atoms with Crippen LogP contribution < -0.4 is 5.32 Å². The number of fused-ring (bicyclic) bond motifs is 1. The number of carbonyl (C=O) groups is 2. The minimum Gasteiger partial charge on any atom is -0.349 e. The zero-order chi connectivity index (χ0) is 22.6. The summed E-state index contributed by atoms with van der Waals surface area (Å²) in [6.07, 6.45) is 0.254. The van der Waals surface area contributed by atoms with Crippen molar-refractivity contribution in [1.82, 2.24) is 10.2 Å². The lowest BCUT2D eigenvalue weighted by Crippen LogP contribution is -2.36. The maximum atomic E-state index is 13.1. The average molecular weight is 430 g/mol. The molecule has 4 nitrogen and oxygen atoms in total. The van der Waals surface area contributed by atoms with Gasteiger partial charge in [-0.2, -0.15) is 13.2 Å². The largest absolute Gasteiger partial charge is 0.416 e. The summed E-state index contributed by atoms with van der Waals surface area (Å²) in [5, 5.41) is 2.88. The highest BCUT2D eigenvalue weighted by Gasteiger charge is 2.32. The molecule has 0 radical (unpaired) electrons. The van der Waals surface area contributed by atoms with Crippen LogP contribution in [0.4, 0.5) is 13.2 Å². The molecule has 0 saturated heterocycles. The Kier molecular flexibility index (Phi) is 6.83. The van der Waals surface area contributed by atoms with Gasteiger partial charge >= 0.3 is 6.18 Å². The number of nitrogens with one attached hydrogen (secondary N) is 1. The van der Waals surface area contributed by atoms with E-state index in [0.717, 1.165) is 23.3 Å². The van der Waals surface area contributed by atoms with Gasteiger partial charge in [0.05, 0.1) is 24.1 Å². The smallest absolute Gasteiger partial charge is 0.349 e. The maximum Gasteiger partial charge on any atom is 0.416 e. The monoisotopic (exact) mass is 430 g/mol. The number of rotatable bonds is 6. The molecular formula is C24H25F3N2O2. The Bertz CT molecular complexity index is 985. The normalized spacial score (nSPS) is 16.5. The molecule has 0 saturated carbocycles. The van der Waals surface area contributed by atoms with Gasteiger partial charge in [0.1, 0.15) is 0 Å². The number of hydrogen-bond donors (Lipinski definition) is 1. The first-order chi connectivity index (χ1) is 14.7. The van der Waals surface area contributed by atoms with Crippen LogP contribution in [0.15, 0.2) is 54.7 Å². The Hall–Kier alpha value is -3.09. The highest BCUT2D eigenvalue weighted by Crippen LogP contribution is 2.34. The van der Waals surface area contributed by atoms with E-state index < -0.39 is 23.8 Å². The molecular weight excluding hydrogens is 405 g/mol. The van der Waals surface area contributed by atoms with Crippen molar-refractivity contribution < 1.29 is 22.8 Å². The third-order valence-electron chi connectivity index (χ3n) is 5.38. The van der Waals surface area contributed by atoms with Gasteiger partial charge in [0.25, 0.3) is 0 Å². The maximum absolute atomic E-state index is 13.1. The second-order valence-electron chi connectivity index (χ2n) is 7.62. The van der Waals surface area contributed by atoms with Crippen LogP contribution in [0.5, 0.6) is 0 Å². The van der Waals surface area contributed by atoms with Crippen molar-refractivity contribution in [1.29, 1.82) is 0 Å². The van der Waals surface area contributed by atoms with Gasteiger partial charge in [-0.1, -0.05) is 49.7 Å². The second kappa shape index (κ2) is 9.37. The predicted octanol–water partition coefficient (Wildman–Crippen LogP) is 5.63. The van der Waals surface area contributed by atoms with Gasteiger partial charge in [-0.05, 0) is 41.3 Å². The molecule has 1 heterocycles. The van der Waals surface area contributed by atoms with E-state index in [1.165, 1.54) is 17.9 Å². The molecule has 0 spiro atoms. The molecule has 2 unspecified atom stereocenters. The summed E-state index contributed by atoms with van der Waals surface area (Å²) < 4.78 is 39.4. The van der Waals surface area contributed by atoms with Crippen LogP contribution >= 0.6 is 0 Å². The van der Waals surface area contributed by atoms with Crippen LogP contribution in [0.1, 0.15) is 67.4 Å². The highest BCUT2D eigenvalue weighted by molar-refractivity contribution is 5.82. The molecule has 31 heavy (non-hydrogen) atoms. The van der Waals surface area contributed by atoms with Crippen molar-refractivity contribution >= 4 is 17.9 Å². The van der Waals surface area contributed by atoms with E-state index in [0.29, 0.717) is 18.4 Å². The van der Waals surface area contributed by atoms with Gasteiger partial charge < -0.3 is 10.2 Å². The molecule has 2 aromatic rings. The number of alkyl halides is 3. The van der Waals surface area contributed by atoms with E-state index in [-0.39, 0.29) is 18.2 Å². The van der Waals surface area contributed by atoms with Gasteiger partial charge in [-0.3, -0.25) is 9.59 Å². The molecule has 2 amide bonds. The van der Waals surface area contributed by atoms with E-state index in [1.54, 1.807) is 12.3 Å². The molecule has 0 aliphatic carbocycles. The van der Waals surface area contributed by atoms with Crippen LogP contribution in [0.2, 0.25) is 0 Å². The first-order valence-electron chi connectivity index (χ1n) is 10.2. The lowest BCUT2D eigenvalue weighted by molar-refractivity contribution is -0.137. The van der Waals surface area contributed by atoms with Gasteiger partial charge in [0.15, 0.2) is 0 Å². The fourth-order valence-electron chi connectivity index (χ4n) is 3.88. The summed E-state index contributed by atoms with van der Waals surface area (Å²) in [5.74, 6) is -0.510. The summed E-state index contributed by atoms with van der Waals surface area (Å²) >= 11 is 0. The van der Waals surface area contributed by atoms with E-state index in [9.17, 15) is 22.8 Å². The zero-order valence-corrected chi connectivity index (χ0v) is 17.4. The first-order valence-corrected chi connectivity index (χ1v) is 10.2. The molecule has 7 heteroatoms. The molecule has 2 atom stereocenters. The van der Waals surface area contributed by atoms with Crippen LogP contribution in [0, 0.1) is 0 Å². The van der Waals surface area contributed by atoms with Gasteiger partial charge in [0.2, 0.25) is 11.8 Å².